The largest absolute Gasteiger partial charge is 0.573 e. The van der Waals surface area contributed by atoms with Crippen LogP contribution in [0.2, 0.25) is 5.02 Å². The van der Waals surface area contributed by atoms with Crippen molar-refractivity contribution in [2.75, 3.05) is 43.4 Å². The Bertz CT molecular complexity index is 2200. The van der Waals surface area contributed by atoms with Crippen LogP contribution in [-0.4, -0.2) is 88.7 Å². The molecule has 56 heavy (non-hydrogen) atoms. The zero-order chi connectivity index (χ0) is 39.7. The normalized spacial score (nSPS) is 18.9. The Kier molecular flexibility index (Phi) is 11.3. The summed E-state index contributed by atoms with van der Waals surface area (Å²) in [6.45, 7) is 2.74. The van der Waals surface area contributed by atoms with Crippen LogP contribution in [0.4, 0.5) is 24.5 Å². The van der Waals surface area contributed by atoms with Crippen molar-refractivity contribution in [3.63, 3.8) is 0 Å². The van der Waals surface area contributed by atoms with E-state index in [0.717, 1.165) is 5.69 Å². The van der Waals surface area contributed by atoms with Crippen molar-refractivity contribution in [3.8, 4) is 16.9 Å². The number of carbonyl (C=O) groups excluding carboxylic acids is 3. The maximum atomic E-state index is 13.7. The fourth-order valence-electron chi connectivity index (χ4n) is 8.04. The number of benzene rings is 2. The number of anilines is 2. The van der Waals surface area contributed by atoms with E-state index in [4.69, 9.17) is 11.6 Å². The second-order valence-electron chi connectivity index (χ2n) is 14.8. The maximum Gasteiger partial charge on any atom is 0.573 e. The van der Waals surface area contributed by atoms with Crippen LogP contribution in [0.3, 0.4) is 0 Å². The lowest BCUT2D eigenvalue weighted by Crippen LogP contribution is -2.48. The summed E-state index contributed by atoms with van der Waals surface area (Å²) in [5, 5.41) is 6.96. The van der Waals surface area contributed by atoms with Gasteiger partial charge in [-0.2, -0.15) is 0 Å². The van der Waals surface area contributed by atoms with Gasteiger partial charge in [-0.25, -0.2) is 0 Å². The molecule has 7 rings (SSSR count). The van der Waals surface area contributed by atoms with E-state index in [1.807, 2.05) is 24.1 Å². The van der Waals surface area contributed by atoms with Gasteiger partial charge < -0.3 is 24.4 Å². The molecule has 0 saturated carbocycles. The minimum Gasteiger partial charge on any atom is -0.405 e. The molecule has 4 aromatic rings. The third kappa shape index (κ3) is 8.63. The molecular weight excluding hydrogens is 751 g/mol. The Labute approximate surface area is 326 Å². The molecule has 3 aliphatic heterocycles. The minimum absolute atomic E-state index is 0.0106. The molecule has 5 heterocycles. The maximum absolute atomic E-state index is 13.7. The number of amides is 3. The van der Waals surface area contributed by atoms with E-state index >= 15 is 0 Å². The number of rotatable bonds is 9. The van der Waals surface area contributed by atoms with E-state index < -0.39 is 12.4 Å². The Morgan fingerprint density at radius 2 is 1.75 bits per heavy atom. The Hall–Kier alpha value is -5.15. The standard InChI is InChI=1S/C40H43ClF3N7O5/c1-48-23-31(29-9-14-45-21-30(29)39(48)55)25-3-4-26(35(19-25)56-40(42,43)44)22-50-15-12-28(13-16-50)49(2)38(54)24-10-17-51(18-11-24)34-7-5-27(20-32(34)41)46-33-6-8-36(52)47-37(33)53/h3-5,7,9,14,19-21,23-24,28,33,46H,6,8,10-13,15-18,22H2,1-2H3,(H,47,52,53). The van der Waals surface area contributed by atoms with Gasteiger partial charge in [-0.1, -0.05) is 23.7 Å². The highest BCUT2D eigenvalue weighted by molar-refractivity contribution is 6.33. The predicted octanol–water partition coefficient (Wildman–Crippen LogP) is 5.71. The summed E-state index contributed by atoms with van der Waals surface area (Å²) in [5.74, 6) is -0.971. The Balaban J connectivity index is 0.937. The molecule has 2 aromatic carbocycles. The predicted molar refractivity (Wildman–Crippen MR) is 206 cm³/mol. The van der Waals surface area contributed by atoms with Crippen molar-refractivity contribution in [2.24, 2.45) is 13.0 Å². The number of fused-ring (bicyclic) bond motifs is 1. The van der Waals surface area contributed by atoms with Crippen molar-refractivity contribution in [1.29, 1.82) is 0 Å². The summed E-state index contributed by atoms with van der Waals surface area (Å²) in [5.41, 5.74) is 2.73. The molecular formula is C40H43ClF3N7O5. The SMILES string of the molecule is CN(C(=O)C1CCN(c2ccc(NC3CCC(=O)NC3=O)cc2Cl)CC1)C1CCN(Cc2ccc(-c3cn(C)c(=O)c4cnccc34)cc2OC(F)(F)F)CC1. The molecule has 3 aliphatic rings. The van der Waals surface area contributed by atoms with Crippen LogP contribution in [-0.2, 0) is 28.0 Å². The molecule has 16 heteroatoms. The van der Waals surface area contributed by atoms with Crippen molar-refractivity contribution in [1.82, 2.24) is 24.7 Å². The Morgan fingerprint density at radius 3 is 2.45 bits per heavy atom. The number of imide groups is 1. The zero-order valence-corrected chi connectivity index (χ0v) is 31.8. The van der Waals surface area contributed by atoms with Crippen LogP contribution in [0.1, 0.15) is 44.1 Å². The number of pyridine rings is 2. The van der Waals surface area contributed by atoms with Gasteiger partial charge in [-0.05, 0) is 73.4 Å². The highest BCUT2D eigenvalue weighted by Gasteiger charge is 2.35. The monoisotopic (exact) mass is 793 g/mol. The van der Waals surface area contributed by atoms with Gasteiger partial charge >= 0.3 is 6.36 Å². The first-order valence-electron chi connectivity index (χ1n) is 18.7. The minimum atomic E-state index is -4.90. The summed E-state index contributed by atoms with van der Waals surface area (Å²) >= 11 is 6.67. The number of likely N-dealkylation sites (tertiary alicyclic amines) is 1. The van der Waals surface area contributed by atoms with Gasteiger partial charge in [-0.3, -0.25) is 34.4 Å². The topological polar surface area (TPSA) is 129 Å². The van der Waals surface area contributed by atoms with Crippen LogP contribution in [0.5, 0.6) is 5.75 Å². The second kappa shape index (κ2) is 16.1. The fourth-order valence-corrected chi connectivity index (χ4v) is 8.34. The van der Waals surface area contributed by atoms with Gasteiger partial charge in [0.05, 0.1) is 16.1 Å². The molecule has 1 unspecified atom stereocenters. The molecule has 3 amide bonds. The highest BCUT2D eigenvalue weighted by atomic mass is 35.5. The molecule has 0 bridgehead atoms. The van der Waals surface area contributed by atoms with Crippen molar-refractivity contribution >= 4 is 51.5 Å². The van der Waals surface area contributed by atoms with E-state index in [-0.39, 0.29) is 54.0 Å². The van der Waals surface area contributed by atoms with Gasteiger partial charge in [0.1, 0.15) is 11.8 Å². The van der Waals surface area contributed by atoms with Crippen LogP contribution in [0.15, 0.2) is 65.8 Å². The van der Waals surface area contributed by atoms with Crippen molar-refractivity contribution < 1.29 is 32.3 Å². The molecule has 2 N–H and O–H groups in total. The zero-order valence-electron chi connectivity index (χ0n) is 31.1. The first-order chi connectivity index (χ1) is 26.7. The van der Waals surface area contributed by atoms with Gasteiger partial charge in [0.15, 0.2) is 0 Å². The lowest BCUT2D eigenvalue weighted by atomic mass is 9.93. The second-order valence-corrected chi connectivity index (χ2v) is 15.2. The molecule has 0 radical (unpaired) electrons. The highest BCUT2D eigenvalue weighted by Crippen LogP contribution is 2.36. The van der Waals surface area contributed by atoms with Gasteiger partial charge in [0, 0.05) is 101 Å². The molecule has 1 atom stereocenters. The summed E-state index contributed by atoms with van der Waals surface area (Å²) in [7, 11) is 3.43. The number of halogens is 4. The van der Waals surface area contributed by atoms with E-state index in [1.165, 1.54) is 23.0 Å². The average Bonchev–Trinajstić information content (AvgIpc) is 3.17. The summed E-state index contributed by atoms with van der Waals surface area (Å²) in [6.07, 6.45) is 3.07. The molecule has 2 aromatic heterocycles. The third-order valence-corrected chi connectivity index (χ3v) is 11.5. The fraction of sp³-hybridized carbons (Fsp3) is 0.425. The molecule has 3 saturated heterocycles. The number of nitrogens with one attached hydrogen (secondary N) is 2. The number of hydrogen-bond acceptors (Lipinski definition) is 9. The number of nitrogens with zero attached hydrogens (tertiary/aromatic N) is 5. The number of alkyl halides is 3. The quantitative estimate of drug-likeness (QED) is 0.205. The molecule has 296 valence electrons. The van der Waals surface area contributed by atoms with Crippen molar-refractivity contribution in [2.45, 2.75) is 63.5 Å². The Morgan fingerprint density at radius 1 is 1.00 bits per heavy atom. The van der Waals surface area contributed by atoms with E-state index in [1.54, 1.807) is 37.5 Å². The number of aryl methyl sites for hydroxylation is 1. The molecule has 0 spiro atoms. The van der Waals surface area contributed by atoms with E-state index in [9.17, 15) is 32.3 Å². The van der Waals surface area contributed by atoms with E-state index in [2.05, 4.69) is 30.2 Å². The van der Waals surface area contributed by atoms with Gasteiger partial charge in [0.2, 0.25) is 17.7 Å². The van der Waals surface area contributed by atoms with Crippen LogP contribution in [0, 0.1) is 5.92 Å². The van der Waals surface area contributed by atoms with Gasteiger partial charge in [-0.15, -0.1) is 13.2 Å². The summed E-state index contributed by atoms with van der Waals surface area (Å²) in [4.78, 5) is 60.1. The number of piperidine rings is 3. The molecule has 12 nitrogen and oxygen atoms in total. The summed E-state index contributed by atoms with van der Waals surface area (Å²) in [6, 6.07) is 11.5. The lowest BCUT2D eigenvalue weighted by molar-refractivity contribution is -0.275. The van der Waals surface area contributed by atoms with Crippen LogP contribution >= 0.6 is 11.6 Å². The number of hydrogen-bond donors (Lipinski definition) is 2. The average molecular weight is 794 g/mol. The van der Waals surface area contributed by atoms with Gasteiger partial charge in [0.25, 0.3) is 5.56 Å². The van der Waals surface area contributed by atoms with Crippen molar-refractivity contribution in [3.05, 3.63) is 82.0 Å². The van der Waals surface area contributed by atoms with Crippen LogP contribution < -0.4 is 25.8 Å². The number of aromatic nitrogens is 2. The first kappa shape index (κ1) is 39.1. The lowest BCUT2D eigenvalue weighted by Gasteiger charge is -2.40. The van der Waals surface area contributed by atoms with Crippen LogP contribution in [0.25, 0.3) is 21.9 Å². The smallest absolute Gasteiger partial charge is 0.405 e. The molecule has 3 fully saturated rings. The molecule has 0 aliphatic carbocycles. The summed E-state index contributed by atoms with van der Waals surface area (Å²) < 4.78 is 46.9. The number of carbonyl (C=O) groups is 3. The number of ether oxygens (including phenoxy) is 1. The van der Waals surface area contributed by atoms with E-state index in [0.29, 0.717) is 96.5 Å². The third-order valence-electron chi connectivity index (χ3n) is 11.1. The first-order valence-corrected chi connectivity index (χ1v) is 19.1.